The van der Waals surface area contributed by atoms with Crippen molar-refractivity contribution >= 4 is 35.0 Å². The maximum Gasteiger partial charge on any atom is 0.234 e. The van der Waals surface area contributed by atoms with Crippen LogP contribution in [0.15, 0.2) is 84.0 Å². The minimum Gasteiger partial charge on any atom is -0.325 e. The lowest BCUT2D eigenvalue weighted by molar-refractivity contribution is -0.113. The summed E-state index contributed by atoms with van der Waals surface area (Å²) in [4.78, 5) is 12.4. The summed E-state index contributed by atoms with van der Waals surface area (Å²) in [5, 5.41) is 12.8. The molecule has 4 aromatic rings. The topological polar surface area (TPSA) is 59.8 Å². The van der Waals surface area contributed by atoms with Gasteiger partial charge in [0.1, 0.15) is 0 Å². The number of thioether (sulfide) groups is 1. The number of hydrogen-bond donors (Lipinski definition) is 1. The summed E-state index contributed by atoms with van der Waals surface area (Å²) in [6, 6.07) is 25.0. The second-order valence-electron chi connectivity index (χ2n) is 6.66. The Morgan fingerprint density at radius 1 is 0.967 bits per heavy atom. The van der Waals surface area contributed by atoms with Crippen LogP contribution >= 0.6 is 23.4 Å². The minimum atomic E-state index is -0.106. The fourth-order valence-corrected chi connectivity index (χ4v) is 3.93. The number of benzene rings is 3. The van der Waals surface area contributed by atoms with Crippen molar-refractivity contribution in [1.29, 1.82) is 0 Å². The molecule has 3 aromatic carbocycles. The Morgan fingerprint density at radius 3 is 2.40 bits per heavy atom. The smallest absolute Gasteiger partial charge is 0.234 e. The van der Waals surface area contributed by atoms with Gasteiger partial charge in [0.25, 0.3) is 0 Å². The lowest BCUT2D eigenvalue weighted by Crippen LogP contribution is -2.14. The summed E-state index contributed by atoms with van der Waals surface area (Å²) in [6.07, 6.45) is 0. The summed E-state index contributed by atoms with van der Waals surface area (Å²) in [5.41, 5.74) is 3.60. The molecule has 1 heterocycles. The van der Waals surface area contributed by atoms with Crippen molar-refractivity contribution in [2.24, 2.45) is 0 Å². The molecule has 150 valence electrons. The summed E-state index contributed by atoms with van der Waals surface area (Å²) >= 11 is 7.73. The van der Waals surface area contributed by atoms with Crippen molar-refractivity contribution < 1.29 is 4.79 Å². The molecule has 0 atom stereocenters. The quantitative estimate of drug-likeness (QED) is 0.400. The van der Waals surface area contributed by atoms with Crippen LogP contribution < -0.4 is 5.32 Å². The number of aryl methyl sites for hydroxylation is 1. The molecular weight excluding hydrogens is 416 g/mol. The van der Waals surface area contributed by atoms with Crippen LogP contribution in [0.5, 0.6) is 0 Å². The zero-order valence-electron chi connectivity index (χ0n) is 16.2. The molecular formula is C23H19ClN4OS. The highest BCUT2D eigenvalue weighted by molar-refractivity contribution is 7.99. The third kappa shape index (κ3) is 4.56. The van der Waals surface area contributed by atoms with E-state index in [-0.39, 0.29) is 11.7 Å². The highest BCUT2D eigenvalue weighted by Crippen LogP contribution is 2.31. The number of nitrogens with one attached hydrogen (secondary N) is 1. The highest BCUT2D eigenvalue weighted by Gasteiger charge is 2.18. The molecule has 7 heteroatoms. The number of hydrogen-bond acceptors (Lipinski definition) is 4. The van der Waals surface area contributed by atoms with Crippen molar-refractivity contribution in [3.63, 3.8) is 0 Å². The Bertz CT molecular complexity index is 1160. The van der Waals surface area contributed by atoms with Gasteiger partial charge < -0.3 is 5.32 Å². The molecule has 0 radical (unpaired) electrons. The largest absolute Gasteiger partial charge is 0.325 e. The first-order valence-corrected chi connectivity index (χ1v) is 10.7. The maximum absolute atomic E-state index is 12.4. The van der Waals surface area contributed by atoms with E-state index in [1.54, 1.807) is 0 Å². The van der Waals surface area contributed by atoms with Crippen LogP contribution in [-0.2, 0) is 4.79 Å². The molecule has 0 bridgehead atoms. The van der Waals surface area contributed by atoms with Gasteiger partial charge in [-0.1, -0.05) is 71.4 Å². The Hall–Kier alpha value is -3.09. The van der Waals surface area contributed by atoms with Crippen LogP contribution in [0.4, 0.5) is 5.69 Å². The number of anilines is 1. The summed E-state index contributed by atoms with van der Waals surface area (Å²) < 4.78 is 1.92. The Morgan fingerprint density at radius 2 is 1.67 bits per heavy atom. The molecule has 30 heavy (non-hydrogen) atoms. The van der Waals surface area contributed by atoms with Gasteiger partial charge >= 0.3 is 0 Å². The van der Waals surface area contributed by atoms with E-state index in [2.05, 4.69) is 15.5 Å². The molecule has 0 unspecified atom stereocenters. The van der Waals surface area contributed by atoms with E-state index in [1.165, 1.54) is 11.8 Å². The van der Waals surface area contributed by atoms with Crippen LogP contribution in [0, 0.1) is 6.92 Å². The van der Waals surface area contributed by atoms with Crippen molar-refractivity contribution in [3.05, 3.63) is 89.4 Å². The molecule has 0 spiro atoms. The number of amides is 1. The third-order valence-corrected chi connectivity index (χ3v) is 5.69. The predicted octanol–water partition coefficient (Wildman–Crippen LogP) is 5.63. The second-order valence-corrected chi connectivity index (χ2v) is 8.01. The number of nitrogens with zero attached hydrogens (tertiary/aromatic N) is 3. The van der Waals surface area contributed by atoms with Crippen molar-refractivity contribution in [3.8, 4) is 17.1 Å². The molecule has 0 fully saturated rings. The Labute approximate surface area is 184 Å². The summed E-state index contributed by atoms with van der Waals surface area (Å²) in [7, 11) is 0. The lowest BCUT2D eigenvalue weighted by atomic mass is 10.2. The van der Waals surface area contributed by atoms with Gasteiger partial charge in [-0.2, -0.15) is 0 Å². The first kappa shape index (κ1) is 20.2. The summed E-state index contributed by atoms with van der Waals surface area (Å²) in [5.74, 6) is 0.737. The predicted molar refractivity (Wildman–Crippen MR) is 122 cm³/mol. The fraction of sp³-hybridized carbons (Fsp3) is 0.0870. The minimum absolute atomic E-state index is 0.106. The molecule has 1 aromatic heterocycles. The van der Waals surface area contributed by atoms with Gasteiger partial charge in [0, 0.05) is 16.9 Å². The fourth-order valence-electron chi connectivity index (χ4n) is 2.95. The number of aromatic nitrogens is 3. The molecule has 1 amide bonds. The zero-order valence-corrected chi connectivity index (χ0v) is 17.8. The molecule has 0 aliphatic rings. The van der Waals surface area contributed by atoms with E-state index in [1.807, 2.05) is 90.4 Å². The molecule has 0 saturated heterocycles. The van der Waals surface area contributed by atoms with E-state index < -0.39 is 0 Å². The molecule has 0 aliphatic heterocycles. The number of halogens is 1. The number of rotatable bonds is 6. The highest BCUT2D eigenvalue weighted by atomic mass is 35.5. The van der Waals surface area contributed by atoms with E-state index >= 15 is 0 Å². The summed E-state index contributed by atoms with van der Waals surface area (Å²) in [6.45, 7) is 2.01. The van der Waals surface area contributed by atoms with Gasteiger partial charge in [-0.25, -0.2) is 0 Å². The van der Waals surface area contributed by atoms with Gasteiger partial charge in [0.2, 0.25) is 5.91 Å². The molecule has 4 rings (SSSR count). The normalized spacial score (nSPS) is 10.7. The number of para-hydroxylation sites is 1. The molecule has 1 N–H and O–H groups in total. The molecule has 0 saturated carbocycles. The van der Waals surface area contributed by atoms with Crippen LogP contribution in [0.3, 0.4) is 0 Å². The van der Waals surface area contributed by atoms with Gasteiger partial charge in [-0.05, 0) is 43.3 Å². The lowest BCUT2D eigenvalue weighted by Gasteiger charge is -2.11. The van der Waals surface area contributed by atoms with Gasteiger partial charge in [0.05, 0.1) is 10.8 Å². The number of carbonyl (C=O) groups is 1. The van der Waals surface area contributed by atoms with Crippen molar-refractivity contribution in [2.75, 3.05) is 11.1 Å². The SMILES string of the molecule is Cc1ccc(NC(=O)CSc2nnc(-c3ccccc3Cl)n2-c2ccccc2)cc1. The van der Waals surface area contributed by atoms with E-state index in [0.717, 1.165) is 22.5 Å². The van der Waals surface area contributed by atoms with Crippen molar-refractivity contribution in [1.82, 2.24) is 14.8 Å². The average molecular weight is 435 g/mol. The Kier molecular flexibility index (Phi) is 6.16. The molecule has 5 nitrogen and oxygen atoms in total. The molecule has 0 aliphatic carbocycles. The van der Waals surface area contributed by atoms with E-state index in [9.17, 15) is 4.79 Å². The standard InChI is InChI=1S/C23H19ClN4OS/c1-16-11-13-17(14-12-16)25-21(29)15-30-23-27-26-22(19-9-5-6-10-20(19)24)28(23)18-7-3-2-4-8-18/h2-14H,15H2,1H3,(H,25,29). The second kappa shape index (κ2) is 9.15. The van der Waals surface area contributed by atoms with Gasteiger partial charge in [0.15, 0.2) is 11.0 Å². The Balaban J connectivity index is 1.59. The third-order valence-electron chi connectivity index (χ3n) is 4.43. The van der Waals surface area contributed by atoms with Crippen LogP contribution in [-0.4, -0.2) is 26.4 Å². The van der Waals surface area contributed by atoms with Gasteiger partial charge in [-0.15, -0.1) is 10.2 Å². The monoisotopic (exact) mass is 434 g/mol. The van der Waals surface area contributed by atoms with Crippen LogP contribution in [0.2, 0.25) is 5.02 Å². The maximum atomic E-state index is 12.4. The van der Waals surface area contributed by atoms with Crippen LogP contribution in [0.25, 0.3) is 17.1 Å². The van der Waals surface area contributed by atoms with Gasteiger partial charge in [-0.3, -0.25) is 9.36 Å². The zero-order chi connectivity index (χ0) is 20.9. The average Bonchev–Trinajstić information content (AvgIpc) is 3.18. The van der Waals surface area contributed by atoms with E-state index in [0.29, 0.717) is 16.0 Å². The number of carbonyl (C=O) groups excluding carboxylic acids is 1. The van der Waals surface area contributed by atoms with E-state index in [4.69, 9.17) is 11.6 Å². The first-order valence-electron chi connectivity index (χ1n) is 9.37. The first-order chi connectivity index (χ1) is 14.6. The van der Waals surface area contributed by atoms with Crippen molar-refractivity contribution in [2.45, 2.75) is 12.1 Å². The van der Waals surface area contributed by atoms with Crippen LogP contribution in [0.1, 0.15) is 5.56 Å².